The van der Waals surface area contributed by atoms with Crippen LogP contribution in [0.5, 0.6) is 0 Å². The van der Waals surface area contributed by atoms with Crippen LogP contribution in [0.3, 0.4) is 0 Å². The predicted octanol–water partition coefficient (Wildman–Crippen LogP) is 2.75. The smallest absolute Gasteiger partial charge is 0.261 e. The summed E-state index contributed by atoms with van der Waals surface area (Å²) in [5.41, 5.74) is 1.50. The maximum absolute atomic E-state index is 12.8. The van der Waals surface area contributed by atoms with Gasteiger partial charge in [0.05, 0.1) is 5.69 Å². The number of imide groups is 1. The molecule has 4 rings (SSSR count). The number of nitrogens with zero attached hydrogens (tertiary/aromatic N) is 3. The van der Waals surface area contributed by atoms with Crippen molar-refractivity contribution in [1.29, 1.82) is 0 Å². The first-order valence-electron chi connectivity index (χ1n) is 7.15. The van der Waals surface area contributed by atoms with Crippen molar-refractivity contribution in [3.05, 3.63) is 66.2 Å². The van der Waals surface area contributed by atoms with Crippen LogP contribution in [-0.4, -0.2) is 17.9 Å². The summed E-state index contributed by atoms with van der Waals surface area (Å²) in [6.07, 6.45) is 0. The molecule has 1 fully saturated rings. The second kappa shape index (κ2) is 4.87. The maximum Gasteiger partial charge on any atom is 0.261 e. The fraction of sp³-hybridized carbons (Fsp3) is 0.176. The normalized spacial score (nSPS) is 26.5. The van der Waals surface area contributed by atoms with E-state index in [1.165, 1.54) is 4.90 Å². The van der Waals surface area contributed by atoms with Gasteiger partial charge in [0.1, 0.15) is 12.0 Å². The van der Waals surface area contributed by atoms with Gasteiger partial charge in [0.15, 0.2) is 6.04 Å². The molecule has 0 bridgehead atoms. The molecule has 0 aliphatic carbocycles. The third-order valence-electron chi connectivity index (χ3n) is 4.13. The van der Waals surface area contributed by atoms with E-state index in [4.69, 9.17) is 0 Å². The van der Waals surface area contributed by atoms with E-state index in [0.717, 1.165) is 5.56 Å². The number of azo groups is 1. The summed E-state index contributed by atoms with van der Waals surface area (Å²) in [6, 6.07) is 17.4. The van der Waals surface area contributed by atoms with E-state index >= 15 is 0 Å². The highest BCUT2D eigenvalue weighted by molar-refractivity contribution is 6.24. The van der Waals surface area contributed by atoms with E-state index in [1.54, 1.807) is 24.3 Å². The molecule has 0 saturated carbocycles. The second-order valence-electron chi connectivity index (χ2n) is 5.40. The summed E-state index contributed by atoms with van der Waals surface area (Å²) < 4.78 is 0. The fourth-order valence-electron chi connectivity index (χ4n) is 3.08. The Balaban J connectivity index is 1.72. The molecule has 3 atom stereocenters. The molecule has 2 aromatic carbocycles. The third kappa shape index (κ3) is 1.79. The molecule has 0 radical (unpaired) electrons. The third-order valence-corrected chi connectivity index (χ3v) is 4.13. The van der Waals surface area contributed by atoms with E-state index in [1.807, 2.05) is 36.4 Å². The van der Waals surface area contributed by atoms with Crippen molar-refractivity contribution in [2.45, 2.75) is 12.1 Å². The zero-order chi connectivity index (χ0) is 15.1. The Morgan fingerprint density at radius 3 is 2.00 bits per heavy atom. The van der Waals surface area contributed by atoms with Gasteiger partial charge in [0.25, 0.3) is 5.91 Å². The summed E-state index contributed by atoms with van der Waals surface area (Å²) in [5.74, 6) is -1.04. The molecule has 2 aromatic rings. The summed E-state index contributed by atoms with van der Waals surface area (Å²) in [6.45, 7) is 0. The average Bonchev–Trinajstić information content (AvgIpc) is 3.10. The van der Waals surface area contributed by atoms with Crippen molar-refractivity contribution < 1.29 is 9.59 Å². The van der Waals surface area contributed by atoms with Gasteiger partial charge >= 0.3 is 0 Å². The van der Waals surface area contributed by atoms with Crippen LogP contribution in [0.1, 0.15) is 11.6 Å². The highest BCUT2D eigenvalue weighted by Crippen LogP contribution is 2.43. The maximum atomic E-state index is 12.8. The molecule has 1 saturated heterocycles. The average molecular weight is 291 g/mol. The quantitative estimate of drug-likeness (QED) is 0.799. The number of amides is 2. The standard InChI is InChI=1S/C17H13N3O2/c21-16-13-14(11-7-3-1-4-8-11)18-19-15(13)17(22)20(16)12-9-5-2-6-10-12/h1-10,13-15H. The Hall–Kier alpha value is -2.82. The number of carbonyl (C=O) groups excluding carboxylic acids is 2. The topological polar surface area (TPSA) is 62.1 Å². The molecular formula is C17H13N3O2. The number of carbonyl (C=O) groups is 2. The molecule has 3 unspecified atom stereocenters. The molecule has 0 spiro atoms. The molecule has 2 aliphatic rings. The van der Waals surface area contributed by atoms with Crippen LogP contribution in [0.15, 0.2) is 70.9 Å². The van der Waals surface area contributed by atoms with Crippen molar-refractivity contribution in [2.75, 3.05) is 4.90 Å². The van der Waals surface area contributed by atoms with Gasteiger partial charge in [-0.05, 0) is 17.7 Å². The zero-order valence-corrected chi connectivity index (χ0v) is 11.7. The number of rotatable bonds is 2. The van der Waals surface area contributed by atoms with Gasteiger partial charge in [-0.15, -0.1) is 0 Å². The van der Waals surface area contributed by atoms with E-state index in [0.29, 0.717) is 5.69 Å². The number of anilines is 1. The second-order valence-corrected chi connectivity index (χ2v) is 5.40. The van der Waals surface area contributed by atoms with Crippen LogP contribution in [0.2, 0.25) is 0 Å². The number of benzene rings is 2. The molecular weight excluding hydrogens is 278 g/mol. The van der Waals surface area contributed by atoms with Crippen molar-refractivity contribution in [2.24, 2.45) is 16.1 Å². The predicted molar refractivity (Wildman–Crippen MR) is 80.3 cm³/mol. The molecule has 108 valence electrons. The zero-order valence-electron chi connectivity index (χ0n) is 11.7. The van der Waals surface area contributed by atoms with E-state index in [2.05, 4.69) is 10.2 Å². The monoisotopic (exact) mass is 291 g/mol. The van der Waals surface area contributed by atoms with Gasteiger partial charge in [0, 0.05) is 0 Å². The van der Waals surface area contributed by atoms with Crippen molar-refractivity contribution in [3.8, 4) is 0 Å². The van der Waals surface area contributed by atoms with Crippen LogP contribution in [0.4, 0.5) is 5.69 Å². The molecule has 0 N–H and O–H groups in total. The summed E-state index contributed by atoms with van der Waals surface area (Å²) in [4.78, 5) is 26.5. The minimum Gasteiger partial charge on any atom is -0.273 e. The summed E-state index contributed by atoms with van der Waals surface area (Å²) in [7, 11) is 0. The van der Waals surface area contributed by atoms with Crippen molar-refractivity contribution in [1.82, 2.24) is 0 Å². The molecule has 0 aromatic heterocycles. The number of fused-ring (bicyclic) bond motifs is 1. The molecule has 2 amide bonds. The van der Waals surface area contributed by atoms with Gasteiger partial charge in [-0.3, -0.25) is 9.59 Å². The molecule has 2 heterocycles. The largest absolute Gasteiger partial charge is 0.273 e. The lowest BCUT2D eigenvalue weighted by molar-refractivity contribution is -0.122. The number of hydrogen-bond donors (Lipinski definition) is 0. The highest BCUT2D eigenvalue weighted by atomic mass is 16.2. The highest BCUT2D eigenvalue weighted by Gasteiger charge is 2.55. The van der Waals surface area contributed by atoms with E-state index < -0.39 is 12.0 Å². The van der Waals surface area contributed by atoms with Crippen LogP contribution in [-0.2, 0) is 9.59 Å². The van der Waals surface area contributed by atoms with Crippen LogP contribution >= 0.6 is 0 Å². The lowest BCUT2D eigenvalue weighted by Gasteiger charge is -2.17. The molecule has 5 nitrogen and oxygen atoms in total. The Morgan fingerprint density at radius 1 is 0.727 bits per heavy atom. The number of para-hydroxylation sites is 1. The van der Waals surface area contributed by atoms with Crippen molar-refractivity contribution in [3.63, 3.8) is 0 Å². The minimum atomic E-state index is -0.696. The first-order chi connectivity index (χ1) is 10.8. The lowest BCUT2D eigenvalue weighted by atomic mass is 9.91. The SMILES string of the molecule is O=C1C2N=NC(c3ccccc3)C2C(=O)N1c1ccccc1. The molecule has 5 heteroatoms. The van der Waals surface area contributed by atoms with Gasteiger partial charge in [-0.2, -0.15) is 10.2 Å². The fourth-order valence-corrected chi connectivity index (χ4v) is 3.08. The Bertz CT molecular complexity index is 758. The first-order valence-corrected chi connectivity index (χ1v) is 7.15. The Labute approximate surface area is 127 Å². The van der Waals surface area contributed by atoms with Crippen LogP contribution < -0.4 is 4.90 Å². The van der Waals surface area contributed by atoms with Gasteiger partial charge in [-0.1, -0.05) is 48.5 Å². The Kier molecular flexibility index (Phi) is 2.85. The van der Waals surface area contributed by atoms with Crippen LogP contribution in [0, 0.1) is 5.92 Å². The lowest BCUT2D eigenvalue weighted by Crippen LogP contribution is -2.32. The van der Waals surface area contributed by atoms with E-state index in [9.17, 15) is 9.59 Å². The van der Waals surface area contributed by atoms with Crippen molar-refractivity contribution >= 4 is 17.5 Å². The number of hydrogen-bond acceptors (Lipinski definition) is 4. The van der Waals surface area contributed by atoms with Gasteiger partial charge in [-0.25, -0.2) is 4.90 Å². The summed E-state index contributed by atoms with van der Waals surface area (Å²) in [5, 5.41) is 8.25. The van der Waals surface area contributed by atoms with Gasteiger partial charge < -0.3 is 0 Å². The molecule has 2 aliphatic heterocycles. The van der Waals surface area contributed by atoms with Crippen LogP contribution in [0.25, 0.3) is 0 Å². The Morgan fingerprint density at radius 2 is 1.32 bits per heavy atom. The first kappa shape index (κ1) is 12.9. The van der Waals surface area contributed by atoms with E-state index in [-0.39, 0.29) is 17.9 Å². The minimum absolute atomic E-state index is 0.222. The van der Waals surface area contributed by atoms with Gasteiger partial charge in [0.2, 0.25) is 5.91 Å². The molecule has 22 heavy (non-hydrogen) atoms. The summed E-state index contributed by atoms with van der Waals surface area (Å²) >= 11 is 0.